The van der Waals surface area contributed by atoms with E-state index in [1.165, 1.54) is 52.8 Å². The zero-order chi connectivity index (χ0) is 31.5. The minimum atomic E-state index is -0.0220. The van der Waals surface area contributed by atoms with E-state index in [-0.39, 0.29) is 11.6 Å². The fourth-order valence-electron chi connectivity index (χ4n) is 8.95. The lowest BCUT2D eigenvalue weighted by Crippen LogP contribution is -2.43. The SMILES string of the molecule is CC1(C)C2=C(CC3CCC=CC3=C2)C2=CC=C(C3=CC(c4cccc(N5C(c6ccccc6)=NC5c5ccccc5)c4)=CCC3)CC21. The first-order valence-corrected chi connectivity index (χ1v) is 17.6. The predicted molar refractivity (Wildman–Crippen MR) is 196 cm³/mol. The Morgan fingerprint density at radius 2 is 1.60 bits per heavy atom. The largest absolute Gasteiger partial charge is 0.299 e. The molecule has 3 unspecified atom stereocenters. The van der Waals surface area contributed by atoms with Crippen LogP contribution in [0.5, 0.6) is 0 Å². The normalized spacial score (nSPS) is 25.7. The van der Waals surface area contributed by atoms with E-state index in [4.69, 9.17) is 4.99 Å². The Morgan fingerprint density at radius 3 is 2.45 bits per heavy atom. The van der Waals surface area contributed by atoms with Crippen LogP contribution in [0.1, 0.15) is 75.2 Å². The molecule has 0 radical (unpaired) electrons. The molecule has 5 aliphatic carbocycles. The number of rotatable bonds is 5. The van der Waals surface area contributed by atoms with Crippen LogP contribution in [0.4, 0.5) is 5.69 Å². The fraction of sp³-hybridized carbons (Fsp3) is 0.267. The van der Waals surface area contributed by atoms with Gasteiger partial charge in [0.1, 0.15) is 5.84 Å². The van der Waals surface area contributed by atoms with Gasteiger partial charge in [-0.25, -0.2) is 4.99 Å². The Morgan fingerprint density at radius 1 is 0.787 bits per heavy atom. The van der Waals surface area contributed by atoms with Gasteiger partial charge >= 0.3 is 0 Å². The second kappa shape index (κ2) is 11.2. The summed E-state index contributed by atoms with van der Waals surface area (Å²) in [6.07, 6.45) is 24.3. The van der Waals surface area contributed by atoms with Crippen LogP contribution in [0, 0.1) is 17.3 Å². The number of hydrogen-bond acceptors (Lipinski definition) is 2. The van der Waals surface area contributed by atoms with Crippen molar-refractivity contribution >= 4 is 17.1 Å². The summed E-state index contributed by atoms with van der Waals surface area (Å²) in [6.45, 7) is 5.00. The van der Waals surface area contributed by atoms with Crippen LogP contribution < -0.4 is 4.90 Å². The van der Waals surface area contributed by atoms with Gasteiger partial charge in [-0.05, 0) is 118 Å². The standard InChI is InChI=1S/C45H42N2/c1-45(2)41-29-37(23-24-39(41)40-27-35-17-9-10-18-36(35)28-42(40)45)33-20-11-19-32(25-33)34-21-12-22-38(26-34)47-43(30-13-5-3-6-14-30)46-44(47)31-15-7-4-8-16-31/h3-8,10,12-16,18-19,21-26,28,35,41,43H,9,11,17,20,27,29H2,1-2H3. The van der Waals surface area contributed by atoms with E-state index in [2.05, 4.69) is 146 Å². The molecule has 3 atom stereocenters. The molecular formula is C45H42N2. The van der Waals surface area contributed by atoms with Crippen molar-refractivity contribution in [1.82, 2.24) is 0 Å². The van der Waals surface area contributed by atoms with Crippen LogP contribution in [-0.2, 0) is 0 Å². The third kappa shape index (κ3) is 4.80. The molecule has 0 fully saturated rings. The Hall–Kier alpha value is -4.69. The third-order valence-electron chi connectivity index (χ3n) is 11.6. The van der Waals surface area contributed by atoms with Crippen LogP contribution in [0.2, 0.25) is 0 Å². The Kier molecular flexibility index (Phi) is 6.82. The zero-order valence-electron chi connectivity index (χ0n) is 27.5. The first-order chi connectivity index (χ1) is 23.0. The highest BCUT2D eigenvalue weighted by Crippen LogP contribution is 2.59. The average Bonchev–Trinajstić information content (AvgIpc) is 3.33. The van der Waals surface area contributed by atoms with Crippen LogP contribution in [0.15, 0.2) is 166 Å². The molecule has 1 aliphatic heterocycles. The highest BCUT2D eigenvalue weighted by atomic mass is 15.4. The lowest BCUT2D eigenvalue weighted by atomic mass is 9.70. The van der Waals surface area contributed by atoms with Gasteiger partial charge in [-0.15, -0.1) is 0 Å². The molecule has 6 aliphatic rings. The van der Waals surface area contributed by atoms with Gasteiger partial charge in [0, 0.05) is 11.3 Å². The van der Waals surface area contributed by atoms with Gasteiger partial charge in [-0.2, -0.15) is 0 Å². The van der Waals surface area contributed by atoms with E-state index < -0.39 is 0 Å². The lowest BCUT2D eigenvalue weighted by Gasteiger charge is -2.41. The van der Waals surface area contributed by atoms with E-state index in [1.807, 2.05) is 0 Å². The van der Waals surface area contributed by atoms with Crippen LogP contribution in [0.25, 0.3) is 5.57 Å². The molecule has 2 heteroatoms. The number of allylic oxidation sites excluding steroid dienone is 14. The molecule has 0 bridgehead atoms. The smallest absolute Gasteiger partial charge is 0.154 e. The number of benzene rings is 3. The van der Waals surface area contributed by atoms with Gasteiger partial charge in [-0.1, -0.05) is 129 Å². The summed E-state index contributed by atoms with van der Waals surface area (Å²) < 4.78 is 0. The average molecular weight is 611 g/mol. The summed E-state index contributed by atoms with van der Waals surface area (Å²) in [5.41, 5.74) is 15.8. The maximum absolute atomic E-state index is 5.11. The summed E-state index contributed by atoms with van der Waals surface area (Å²) in [5, 5.41) is 0. The Balaban J connectivity index is 1.02. The summed E-state index contributed by atoms with van der Waals surface area (Å²) >= 11 is 0. The molecule has 9 rings (SSSR count). The van der Waals surface area contributed by atoms with Crippen molar-refractivity contribution in [2.45, 2.75) is 58.5 Å². The van der Waals surface area contributed by atoms with Crippen molar-refractivity contribution < 1.29 is 0 Å². The van der Waals surface area contributed by atoms with Crippen LogP contribution >= 0.6 is 0 Å². The van der Waals surface area contributed by atoms with Crippen LogP contribution in [0.3, 0.4) is 0 Å². The van der Waals surface area contributed by atoms with Crippen LogP contribution in [-0.4, -0.2) is 5.84 Å². The van der Waals surface area contributed by atoms with Crippen molar-refractivity contribution in [2.24, 2.45) is 22.2 Å². The monoisotopic (exact) mass is 610 g/mol. The molecule has 0 N–H and O–H groups in total. The number of nitrogens with zero attached hydrogens (tertiary/aromatic N) is 2. The van der Waals surface area contributed by atoms with Gasteiger partial charge in [0.05, 0.1) is 0 Å². The first kappa shape index (κ1) is 28.5. The molecule has 0 amide bonds. The molecule has 232 valence electrons. The van der Waals surface area contributed by atoms with Gasteiger partial charge in [-0.3, -0.25) is 4.90 Å². The minimum absolute atomic E-state index is 0.0220. The van der Waals surface area contributed by atoms with E-state index in [0.29, 0.717) is 11.8 Å². The first-order valence-electron chi connectivity index (χ1n) is 17.6. The van der Waals surface area contributed by atoms with Gasteiger partial charge in [0.15, 0.2) is 6.17 Å². The molecule has 3 aromatic rings. The zero-order valence-corrected chi connectivity index (χ0v) is 27.5. The molecule has 0 aromatic heterocycles. The van der Waals surface area contributed by atoms with Gasteiger partial charge in [0.25, 0.3) is 0 Å². The molecule has 0 saturated carbocycles. The summed E-state index contributed by atoms with van der Waals surface area (Å²) in [4.78, 5) is 7.51. The van der Waals surface area contributed by atoms with Crippen molar-refractivity contribution in [3.05, 3.63) is 178 Å². The van der Waals surface area contributed by atoms with Gasteiger partial charge in [0.2, 0.25) is 0 Å². The van der Waals surface area contributed by atoms with E-state index in [9.17, 15) is 0 Å². The molecule has 0 spiro atoms. The quantitative estimate of drug-likeness (QED) is 0.281. The summed E-state index contributed by atoms with van der Waals surface area (Å²) in [5.74, 6) is 2.30. The number of anilines is 1. The Bertz CT molecular complexity index is 2010. The molecule has 3 aromatic carbocycles. The van der Waals surface area contributed by atoms with Crippen molar-refractivity contribution in [2.75, 3.05) is 4.90 Å². The molecule has 47 heavy (non-hydrogen) atoms. The maximum atomic E-state index is 5.11. The van der Waals surface area contributed by atoms with E-state index in [0.717, 1.165) is 30.7 Å². The minimum Gasteiger partial charge on any atom is -0.299 e. The van der Waals surface area contributed by atoms with Crippen molar-refractivity contribution in [3.8, 4) is 0 Å². The summed E-state index contributed by atoms with van der Waals surface area (Å²) in [7, 11) is 0. The van der Waals surface area contributed by atoms with Gasteiger partial charge < -0.3 is 0 Å². The maximum Gasteiger partial charge on any atom is 0.154 e. The fourth-order valence-corrected chi connectivity index (χ4v) is 8.95. The molecular weight excluding hydrogens is 569 g/mol. The molecule has 2 nitrogen and oxygen atoms in total. The summed E-state index contributed by atoms with van der Waals surface area (Å²) in [6, 6.07) is 30.3. The second-order valence-corrected chi connectivity index (χ2v) is 14.6. The van der Waals surface area contributed by atoms with Crippen molar-refractivity contribution in [3.63, 3.8) is 0 Å². The Labute approximate surface area is 279 Å². The van der Waals surface area contributed by atoms with E-state index >= 15 is 0 Å². The highest BCUT2D eigenvalue weighted by Gasteiger charge is 2.47. The molecule has 0 saturated heterocycles. The van der Waals surface area contributed by atoms with Crippen molar-refractivity contribution in [1.29, 1.82) is 0 Å². The number of hydrogen-bond donors (Lipinski definition) is 0. The highest BCUT2D eigenvalue weighted by molar-refractivity contribution is 6.14. The van der Waals surface area contributed by atoms with E-state index in [1.54, 1.807) is 22.3 Å². The predicted octanol–water partition coefficient (Wildman–Crippen LogP) is 11.3. The topological polar surface area (TPSA) is 15.6 Å². The molecule has 1 heterocycles. The number of fused-ring (bicyclic) bond motifs is 3. The number of aliphatic imine (C=N–C) groups is 1. The second-order valence-electron chi connectivity index (χ2n) is 14.6. The number of amidine groups is 1. The lowest BCUT2D eigenvalue weighted by molar-refractivity contribution is 0.331. The third-order valence-corrected chi connectivity index (χ3v) is 11.6.